The number of ether oxygens (including phenoxy) is 2. The molecule has 0 saturated carbocycles. The van der Waals surface area contributed by atoms with Gasteiger partial charge in [0.1, 0.15) is 0 Å². The van der Waals surface area contributed by atoms with Crippen molar-refractivity contribution in [3.8, 4) is 11.5 Å². The molecule has 2 N–H and O–H groups in total. The van der Waals surface area contributed by atoms with Crippen LogP contribution in [0.15, 0.2) is 42.5 Å². The van der Waals surface area contributed by atoms with Gasteiger partial charge in [0.2, 0.25) is 0 Å². The van der Waals surface area contributed by atoms with Crippen molar-refractivity contribution in [1.29, 1.82) is 0 Å². The summed E-state index contributed by atoms with van der Waals surface area (Å²) < 4.78 is 48.8. The van der Waals surface area contributed by atoms with Gasteiger partial charge in [0.05, 0.1) is 19.3 Å². The van der Waals surface area contributed by atoms with E-state index in [4.69, 9.17) is 9.47 Å². The van der Waals surface area contributed by atoms with E-state index in [2.05, 4.69) is 10.6 Å². The molecular weight excluding hydrogens is 361 g/mol. The van der Waals surface area contributed by atoms with Gasteiger partial charge in [0.15, 0.2) is 11.5 Å². The summed E-state index contributed by atoms with van der Waals surface area (Å²) in [5.74, 6) is 1.17. The molecule has 0 heterocycles. The predicted octanol–water partition coefficient (Wildman–Crippen LogP) is 4.11. The molecule has 146 valence electrons. The Bertz CT molecular complexity index is 779. The third kappa shape index (κ3) is 6.09. The highest BCUT2D eigenvalue weighted by Crippen LogP contribution is 2.29. The number of urea groups is 1. The Morgan fingerprint density at radius 2 is 1.67 bits per heavy atom. The minimum absolute atomic E-state index is 0.0116. The third-order valence-corrected chi connectivity index (χ3v) is 3.69. The van der Waals surface area contributed by atoms with E-state index in [1.807, 2.05) is 6.92 Å². The fourth-order valence-corrected chi connectivity index (χ4v) is 2.38. The van der Waals surface area contributed by atoms with Crippen LogP contribution in [0.3, 0.4) is 0 Å². The maximum atomic E-state index is 12.7. The van der Waals surface area contributed by atoms with Crippen LogP contribution in [0.25, 0.3) is 0 Å². The quantitative estimate of drug-likeness (QED) is 0.758. The largest absolute Gasteiger partial charge is 0.493 e. The van der Waals surface area contributed by atoms with Gasteiger partial charge in [-0.1, -0.05) is 18.2 Å². The first-order valence-electron chi connectivity index (χ1n) is 8.31. The zero-order valence-corrected chi connectivity index (χ0v) is 15.0. The smallest absolute Gasteiger partial charge is 0.416 e. The molecule has 27 heavy (non-hydrogen) atoms. The zero-order chi connectivity index (χ0) is 19.9. The first-order valence-corrected chi connectivity index (χ1v) is 8.31. The molecule has 0 radical (unpaired) electrons. The maximum absolute atomic E-state index is 12.7. The Hall–Kier alpha value is -2.90. The van der Waals surface area contributed by atoms with Crippen LogP contribution in [0, 0.1) is 0 Å². The van der Waals surface area contributed by atoms with Crippen molar-refractivity contribution in [2.24, 2.45) is 0 Å². The highest BCUT2D eigenvalue weighted by molar-refractivity contribution is 5.73. The zero-order valence-electron chi connectivity index (χ0n) is 15.0. The highest BCUT2D eigenvalue weighted by atomic mass is 19.4. The van der Waals surface area contributed by atoms with Gasteiger partial charge in [0.25, 0.3) is 0 Å². The van der Waals surface area contributed by atoms with Crippen LogP contribution < -0.4 is 20.1 Å². The second-order valence-corrected chi connectivity index (χ2v) is 5.65. The average molecular weight is 382 g/mol. The van der Waals surface area contributed by atoms with Crippen molar-refractivity contribution in [3.63, 3.8) is 0 Å². The van der Waals surface area contributed by atoms with E-state index in [0.29, 0.717) is 23.7 Å². The molecule has 0 atom stereocenters. The number of hydrogen-bond acceptors (Lipinski definition) is 3. The second kappa shape index (κ2) is 9.16. The molecule has 2 amide bonds. The number of halogens is 3. The van der Waals surface area contributed by atoms with Crippen LogP contribution in [-0.4, -0.2) is 19.7 Å². The normalized spacial score (nSPS) is 11.0. The number of methoxy groups -OCH3 is 1. The van der Waals surface area contributed by atoms with Gasteiger partial charge in [-0.15, -0.1) is 0 Å². The first-order chi connectivity index (χ1) is 12.8. The number of carbonyl (C=O) groups excluding carboxylic acids is 1. The van der Waals surface area contributed by atoms with E-state index in [9.17, 15) is 18.0 Å². The van der Waals surface area contributed by atoms with Crippen molar-refractivity contribution in [2.45, 2.75) is 26.2 Å². The molecule has 2 aromatic carbocycles. The van der Waals surface area contributed by atoms with Crippen molar-refractivity contribution in [3.05, 3.63) is 59.2 Å². The molecule has 0 fully saturated rings. The van der Waals surface area contributed by atoms with Gasteiger partial charge < -0.3 is 20.1 Å². The third-order valence-electron chi connectivity index (χ3n) is 3.69. The molecular formula is C19H21F3N2O3. The predicted molar refractivity (Wildman–Crippen MR) is 94.7 cm³/mol. The van der Waals surface area contributed by atoms with Crippen LogP contribution in [0.4, 0.5) is 18.0 Å². The van der Waals surface area contributed by atoms with Gasteiger partial charge in [-0.25, -0.2) is 4.79 Å². The fraction of sp³-hybridized carbons (Fsp3) is 0.316. The summed E-state index contributed by atoms with van der Waals surface area (Å²) in [6.45, 7) is 2.59. The van der Waals surface area contributed by atoms with Crippen molar-refractivity contribution in [2.75, 3.05) is 13.7 Å². The lowest BCUT2D eigenvalue weighted by Crippen LogP contribution is -2.34. The summed E-state index contributed by atoms with van der Waals surface area (Å²) in [6, 6.07) is 9.63. The van der Waals surface area contributed by atoms with E-state index < -0.39 is 17.8 Å². The summed E-state index contributed by atoms with van der Waals surface area (Å²) in [5.41, 5.74) is 0.413. The van der Waals surface area contributed by atoms with E-state index in [0.717, 1.165) is 17.7 Å². The maximum Gasteiger partial charge on any atom is 0.416 e. The molecule has 0 aliphatic rings. The minimum Gasteiger partial charge on any atom is -0.493 e. The number of amides is 2. The van der Waals surface area contributed by atoms with Gasteiger partial charge in [-0.05, 0) is 42.3 Å². The van der Waals surface area contributed by atoms with Crippen LogP contribution >= 0.6 is 0 Å². The fourth-order valence-electron chi connectivity index (χ4n) is 2.38. The number of rotatable bonds is 7. The standard InChI is InChI=1S/C19H21F3N2O3/c1-3-27-16-8-7-14(10-17(16)26-2)12-24-18(25)23-11-13-5-4-6-15(9-13)19(20,21)22/h4-10H,3,11-12H2,1-2H3,(H2,23,24,25). The minimum atomic E-state index is -4.41. The highest BCUT2D eigenvalue weighted by Gasteiger charge is 2.30. The Morgan fingerprint density at radius 1 is 1.00 bits per heavy atom. The SMILES string of the molecule is CCOc1ccc(CNC(=O)NCc2cccc(C(F)(F)F)c2)cc1OC. The van der Waals surface area contributed by atoms with Crippen LogP contribution in [-0.2, 0) is 19.3 Å². The van der Waals surface area contributed by atoms with Crippen LogP contribution in [0.2, 0.25) is 0 Å². The summed E-state index contributed by atoms with van der Waals surface area (Å²) in [5, 5.41) is 5.18. The number of nitrogens with one attached hydrogen (secondary N) is 2. The molecule has 0 aliphatic heterocycles. The molecule has 0 spiro atoms. The lowest BCUT2D eigenvalue weighted by atomic mass is 10.1. The Kier molecular flexibility index (Phi) is 6.92. The van der Waals surface area contributed by atoms with Crippen molar-refractivity contribution >= 4 is 6.03 Å². The van der Waals surface area contributed by atoms with Crippen LogP contribution in [0.5, 0.6) is 11.5 Å². The van der Waals surface area contributed by atoms with Gasteiger partial charge in [0, 0.05) is 13.1 Å². The van der Waals surface area contributed by atoms with E-state index in [-0.39, 0.29) is 13.1 Å². The summed E-state index contributed by atoms with van der Waals surface area (Å²) in [6.07, 6.45) is -4.41. The van der Waals surface area contributed by atoms with Gasteiger partial charge in [-0.3, -0.25) is 0 Å². The lowest BCUT2D eigenvalue weighted by Gasteiger charge is -2.12. The van der Waals surface area contributed by atoms with Crippen molar-refractivity contribution < 1.29 is 27.4 Å². The number of hydrogen-bond donors (Lipinski definition) is 2. The van der Waals surface area contributed by atoms with Crippen molar-refractivity contribution in [1.82, 2.24) is 10.6 Å². The molecule has 8 heteroatoms. The van der Waals surface area contributed by atoms with Gasteiger partial charge >= 0.3 is 12.2 Å². The monoisotopic (exact) mass is 382 g/mol. The Labute approximate surface area is 155 Å². The summed E-state index contributed by atoms with van der Waals surface area (Å²) >= 11 is 0. The average Bonchev–Trinajstić information content (AvgIpc) is 2.65. The lowest BCUT2D eigenvalue weighted by molar-refractivity contribution is -0.137. The Morgan fingerprint density at radius 3 is 2.26 bits per heavy atom. The molecule has 2 aromatic rings. The molecule has 0 aromatic heterocycles. The second-order valence-electron chi connectivity index (χ2n) is 5.65. The molecule has 5 nitrogen and oxygen atoms in total. The summed E-state index contributed by atoms with van der Waals surface area (Å²) in [4.78, 5) is 11.9. The van der Waals surface area contributed by atoms with E-state index in [1.165, 1.54) is 19.2 Å². The van der Waals surface area contributed by atoms with E-state index >= 15 is 0 Å². The molecule has 0 aliphatic carbocycles. The molecule has 0 unspecified atom stereocenters. The topological polar surface area (TPSA) is 59.6 Å². The number of benzene rings is 2. The first kappa shape index (κ1) is 20.4. The van der Waals surface area contributed by atoms with Gasteiger partial charge in [-0.2, -0.15) is 13.2 Å². The molecule has 0 saturated heterocycles. The van der Waals surface area contributed by atoms with Crippen LogP contribution in [0.1, 0.15) is 23.6 Å². The number of alkyl halides is 3. The molecule has 2 rings (SSSR count). The van der Waals surface area contributed by atoms with E-state index in [1.54, 1.807) is 18.2 Å². The number of carbonyl (C=O) groups is 1. The summed E-state index contributed by atoms with van der Waals surface area (Å²) in [7, 11) is 1.52. The Balaban J connectivity index is 1.88. The molecule has 0 bridgehead atoms.